The molecule has 0 rings (SSSR count). The van der Waals surface area contributed by atoms with Gasteiger partial charge in [0.1, 0.15) is 18.1 Å². The average molecular weight is 474 g/mol. The van der Waals surface area contributed by atoms with E-state index in [1.165, 1.54) is 0 Å². The predicted molar refractivity (Wildman–Crippen MR) is 116 cm³/mol. The van der Waals surface area contributed by atoms with Gasteiger partial charge >= 0.3 is 11.9 Å². The molecule has 0 saturated carbocycles. The molecule has 0 aliphatic rings. The summed E-state index contributed by atoms with van der Waals surface area (Å²) in [6.45, 7) is 6.71. The molecular weight excluding hydrogens is 438 g/mol. The molecule has 0 bridgehead atoms. The molecular formula is C20H35N5O8. The van der Waals surface area contributed by atoms with Gasteiger partial charge in [-0.25, -0.2) is 4.79 Å². The Morgan fingerprint density at radius 1 is 0.848 bits per heavy atom. The molecule has 0 radical (unpaired) electrons. The number of aliphatic carboxylic acids is 2. The highest BCUT2D eigenvalue weighted by Gasteiger charge is 2.34. The maximum Gasteiger partial charge on any atom is 0.326 e. The minimum atomic E-state index is -1.68. The summed E-state index contributed by atoms with van der Waals surface area (Å²) in [5, 5.41) is 25.1. The molecule has 4 amide bonds. The van der Waals surface area contributed by atoms with Crippen LogP contribution in [0, 0.1) is 11.8 Å². The van der Waals surface area contributed by atoms with Crippen LogP contribution < -0.4 is 27.4 Å². The van der Waals surface area contributed by atoms with Gasteiger partial charge in [0.25, 0.3) is 0 Å². The molecule has 0 aromatic heterocycles. The number of carbonyl (C=O) groups excluding carboxylic acids is 4. The highest BCUT2D eigenvalue weighted by Crippen LogP contribution is 2.11. The summed E-state index contributed by atoms with van der Waals surface area (Å²) in [7, 11) is 0. The minimum absolute atomic E-state index is 0.00676. The number of carboxylic acid groups (broad SMARTS) is 2. The number of hydrogen-bond donors (Lipinski definition) is 7. The Bertz CT molecular complexity index is 742. The monoisotopic (exact) mass is 473 g/mol. The Hall–Kier alpha value is -3.22. The number of nitrogens with one attached hydrogen (secondary N) is 3. The maximum absolute atomic E-state index is 13.0. The molecule has 0 heterocycles. The fourth-order valence-electron chi connectivity index (χ4n) is 2.81. The van der Waals surface area contributed by atoms with Crippen molar-refractivity contribution in [1.29, 1.82) is 0 Å². The van der Waals surface area contributed by atoms with E-state index in [4.69, 9.17) is 21.7 Å². The second-order valence-corrected chi connectivity index (χ2v) is 8.21. The Kier molecular flexibility index (Phi) is 12.7. The third kappa shape index (κ3) is 10.8. The Labute approximate surface area is 192 Å². The van der Waals surface area contributed by atoms with Crippen molar-refractivity contribution in [1.82, 2.24) is 16.0 Å². The third-order valence-corrected chi connectivity index (χ3v) is 5.07. The Morgan fingerprint density at radius 3 is 1.79 bits per heavy atom. The first-order chi connectivity index (χ1) is 15.2. The first kappa shape index (κ1) is 29.8. The van der Waals surface area contributed by atoms with Crippen LogP contribution in [0.4, 0.5) is 0 Å². The summed E-state index contributed by atoms with van der Waals surface area (Å²) in [5.74, 6) is -6.66. The minimum Gasteiger partial charge on any atom is -0.481 e. The van der Waals surface area contributed by atoms with E-state index in [9.17, 15) is 28.8 Å². The van der Waals surface area contributed by atoms with Crippen molar-refractivity contribution in [2.75, 3.05) is 0 Å². The molecule has 5 atom stereocenters. The zero-order valence-electron chi connectivity index (χ0n) is 19.3. The largest absolute Gasteiger partial charge is 0.481 e. The average Bonchev–Trinajstić information content (AvgIpc) is 2.71. The van der Waals surface area contributed by atoms with Gasteiger partial charge in [0.2, 0.25) is 23.6 Å². The van der Waals surface area contributed by atoms with Crippen molar-refractivity contribution < 1.29 is 39.0 Å². The lowest BCUT2D eigenvalue weighted by atomic mass is 9.96. The molecule has 0 spiro atoms. The van der Waals surface area contributed by atoms with Crippen LogP contribution in [0.2, 0.25) is 0 Å². The molecule has 13 heteroatoms. The molecule has 0 aromatic rings. The summed E-state index contributed by atoms with van der Waals surface area (Å²) in [5.41, 5.74) is 10.8. The first-order valence-electron chi connectivity index (χ1n) is 10.6. The van der Waals surface area contributed by atoms with Crippen LogP contribution in [0.15, 0.2) is 0 Å². The number of hydrogen-bond acceptors (Lipinski definition) is 7. The summed E-state index contributed by atoms with van der Waals surface area (Å²) < 4.78 is 0. The second-order valence-electron chi connectivity index (χ2n) is 8.21. The van der Waals surface area contributed by atoms with Crippen molar-refractivity contribution in [3.05, 3.63) is 0 Å². The highest BCUT2D eigenvalue weighted by molar-refractivity contribution is 5.95. The number of primary amides is 1. The number of carbonyl (C=O) groups is 6. The molecule has 188 valence electrons. The zero-order chi connectivity index (χ0) is 25.9. The van der Waals surface area contributed by atoms with Crippen molar-refractivity contribution in [2.45, 2.75) is 77.5 Å². The molecule has 33 heavy (non-hydrogen) atoms. The van der Waals surface area contributed by atoms with E-state index in [0.717, 1.165) is 0 Å². The molecule has 0 saturated heterocycles. The highest BCUT2D eigenvalue weighted by atomic mass is 16.4. The maximum atomic E-state index is 13.0. The van der Waals surface area contributed by atoms with E-state index in [1.54, 1.807) is 27.7 Å². The molecule has 9 N–H and O–H groups in total. The van der Waals surface area contributed by atoms with Crippen LogP contribution in [-0.4, -0.2) is 69.9 Å². The molecule has 0 aliphatic carbocycles. The quantitative estimate of drug-likeness (QED) is 0.143. The number of carboxylic acids is 2. The van der Waals surface area contributed by atoms with Gasteiger partial charge in [0.15, 0.2) is 0 Å². The molecule has 5 unspecified atom stereocenters. The molecule has 0 aliphatic heterocycles. The van der Waals surface area contributed by atoms with Gasteiger partial charge in [-0.15, -0.1) is 0 Å². The van der Waals surface area contributed by atoms with Gasteiger partial charge in [-0.3, -0.25) is 24.0 Å². The van der Waals surface area contributed by atoms with Gasteiger partial charge in [-0.2, -0.15) is 0 Å². The van der Waals surface area contributed by atoms with E-state index in [0.29, 0.717) is 6.42 Å². The smallest absolute Gasteiger partial charge is 0.326 e. The SMILES string of the molecule is CCC(C)C(NC(=O)C(N)CCC(N)=O)C(=O)NC(C(=O)NC(CC(=O)O)C(=O)O)C(C)C. The van der Waals surface area contributed by atoms with Crippen LogP contribution in [-0.2, 0) is 28.8 Å². The summed E-state index contributed by atoms with van der Waals surface area (Å²) in [6, 6.07) is -5.01. The first-order valence-corrected chi connectivity index (χ1v) is 10.6. The van der Waals surface area contributed by atoms with Gasteiger partial charge in [-0.1, -0.05) is 34.1 Å². The molecule has 0 fully saturated rings. The van der Waals surface area contributed by atoms with Crippen LogP contribution in [0.25, 0.3) is 0 Å². The van der Waals surface area contributed by atoms with Crippen molar-refractivity contribution >= 4 is 35.6 Å². The fraction of sp³-hybridized carbons (Fsp3) is 0.700. The lowest BCUT2D eigenvalue weighted by molar-refractivity contribution is -0.147. The number of rotatable bonds is 15. The Balaban J connectivity index is 5.46. The van der Waals surface area contributed by atoms with Gasteiger partial charge in [-0.05, 0) is 18.3 Å². The van der Waals surface area contributed by atoms with Crippen molar-refractivity contribution in [2.24, 2.45) is 23.3 Å². The molecule has 13 nitrogen and oxygen atoms in total. The number of nitrogens with two attached hydrogens (primary N) is 2. The normalized spacial score (nSPS) is 15.5. The van der Waals surface area contributed by atoms with Crippen molar-refractivity contribution in [3.8, 4) is 0 Å². The number of amides is 4. The Morgan fingerprint density at radius 2 is 1.36 bits per heavy atom. The van der Waals surface area contributed by atoms with E-state index in [1.807, 2.05) is 0 Å². The van der Waals surface area contributed by atoms with Crippen LogP contribution in [0.3, 0.4) is 0 Å². The zero-order valence-corrected chi connectivity index (χ0v) is 19.3. The van der Waals surface area contributed by atoms with E-state index >= 15 is 0 Å². The van der Waals surface area contributed by atoms with Gasteiger partial charge < -0.3 is 37.6 Å². The van der Waals surface area contributed by atoms with Crippen molar-refractivity contribution in [3.63, 3.8) is 0 Å². The standard InChI is InChI=1S/C20H35N5O8/c1-5-10(4)16(25-17(29)11(21)6-7-13(22)26)19(31)24-15(9(2)3)18(30)23-12(20(32)33)8-14(27)28/h9-12,15-16H,5-8,21H2,1-4H3,(H2,22,26)(H,23,30)(H,24,31)(H,25,29)(H,27,28)(H,32,33). The predicted octanol–water partition coefficient (Wildman–Crippen LogP) is -1.70. The topological polar surface area (TPSA) is 231 Å². The van der Waals surface area contributed by atoms with E-state index < -0.39 is 72.1 Å². The third-order valence-electron chi connectivity index (χ3n) is 5.07. The fourth-order valence-corrected chi connectivity index (χ4v) is 2.81. The van der Waals surface area contributed by atoms with Crippen LogP contribution in [0.5, 0.6) is 0 Å². The van der Waals surface area contributed by atoms with Gasteiger partial charge in [0.05, 0.1) is 12.5 Å². The lowest BCUT2D eigenvalue weighted by Crippen LogP contribution is -2.59. The van der Waals surface area contributed by atoms with Gasteiger partial charge in [0, 0.05) is 6.42 Å². The molecule has 0 aromatic carbocycles. The van der Waals surface area contributed by atoms with Crippen LogP contribution in [0.1, 0.15) is 53.4 Å². The summed E-state index contributed by atoms with van der Waals surface area (Å²) >= 11 is 0. The van der Waals surface area contributed by atoms with E-state index in [-0.39, 0.29) is 18.8 Å². The van der Waals surface area contributed by atoms with E-state index in [2.05, 4.69) is 16.0 Å². The van der Waals surface area contributed by atoms with Crippen LogP contribution >= 0.6 is 0 Å². The lowest BCUT2D eigenvalue weighted by Gasteiger charge is -2.29. The summed E-state index contributed by atoms with van der Waals surface area (Å²) in [6.07, 6.45) is -0.458. The second kappa shape index (κ2) is 14.0. The summed E-state index contributed by atoms with van der Waals surface area (Å²) in [4.78, 5) is 71.0.